The highest BCUT2D eigenvalue weighted by atomic mass is 79.9. The summed E-state index contributed by atoms with van der Waals surface area (Å²) in [6, 6.07) is 4.94. The van der Waals surface area contributed by atoms with Crippen LogP contribution >= 0.6 is 15.9 Å². The number of hydrogen-bond acceptors (Lipinski definition) is 4. The molecule has 7 heteroatoms. The minimum Gasteiger partial charge on any atom is -0.324 e. The van der Waals surface area contributed by atoms with E-state index in [1.54, 1.807) is 6.07 Å². The molecule has 0 bridgehead atoms. The Labute approximate surface area is 156 Å². The molecule has 1 amide bonds. The van der Waals surface area contributed by atoms with Gasteiger partial charge in [0.25, 0.3) is 5.69 Å². The van der Waals surface area contributed by atoms with Gasteiger partial charge in [-0.05, 0) is 53.6 Å². The van der Waals surface area contributed by atoms with E-state index in [2.05, 4.69) is 26.1 Å². The Bertz CT molecular complexity index is 642. The van der Waals surface area contributed by atoms with Gasteiger partial charge in [-0.1, -0.05) is 19.3 Å². The Kier molecular flexibility index (Phi) is 6.06. The first kappa shape index (κ1) is 18.3. The first-order chi connectivity index (χ1) is 12.0. The molecule has 136 valence electrons. The molecule has 6 nitrogen and oxygen atoms in total. The van der Waals surface area contributed by atoms with Gasteiger partial charge in [0.2, 0.25) is 5.91 Å². The number of non-ortho nitro benzene ring substituents is 1. The number of nitro benzene ring substituents is 1. The average molecular weight is 410 g/mol. The van der Waals surface area contributed by atoms with Gasteiger partial charge >= 0.3 is 0 Å². The first-order valence-corrected chi connectivity index (χ1v) is 9.80. The number of nitrogens with zero attached hydrogens (tertiary/aromatic N) is 2. The summed E-state index contributed by atoms with van der Waals surface area (Å²) >= 11 is 3.30. The average Bonchev–Trinajstić information content (AvgIpc) is 3.42. The van der Waals surface area contributed by atoms with Crippen LogP contribution in [0, 0.1) is 16.0 Å². The first-order valence-electron chi connectivity index (χ1n) is 9.01. The summed E-state index contributed by atoms with van der Waals surface area (Å²) < 4.78 is 0.528. The molecule has 0 atom stereocenters. The number of rotatable bonds is 7. The zero-order chi connectivity index (χ0) is 17.8. The molecule has 2 aliphatic carbocycles. The van der Waals surface area contributed by atoms with Gasteiger partial charge in [0.15, 0.2) is 0 Å². The molecule has 3 rings (SSSR count). The summed E-state index contributed by atoms with van der Waals surface area (Å²) in [5, 5.41) is 13.7. The molecule has 0 aromatic heterocycles. The monoisotopic (exact) mass is 409 g/mol. The van der Waals surface area contributed by atoms with E-state index in [1.807, 2.05) is 0 Å². The van der Waals surface area contributed by atoms with Crippen molar-refractivity contribution in [2.24, 2.45) is 5.92 Å². The van der Waals surface area contributed by atoms with Gasteiger partial charge in [-0.15, -0.1) is 0 Å². The number of carbonyl (C=O) groups is 1. The van der Waals surface area contributed by atoms with E-state index in [1.165, 1.54) is 57.1 Å². The fourth-order valence-electron chi connectivity index (χ4n) is 3.58. The number of halogens is 1. The molecule has 0 aliphatic heterocycles. The summed E-state index contributed by atoms with van der Waals surface area (Å²) in [7, 11) is 0. The summed E-state index contributed by atoms with van der Waals surface area (Å²) in [4.78, 5) is 25.1. The maximum Gasteiger partial charge on any atom is 0.270 e. The maximum atomic E-state index is 12.5. The van der Waals surface area contributed by atoms with Crippen LogP contribution in [0.15, 0.2) is 22.7 Å². The highest BCUT2D eigenvalue weighted by Gasteiger charge is 2.32. The van der Waals surface area contributed by atoms with E-state index >= 15 is 0 Å². The molecule has 2 aliphatic rings. The summed E-state index contributed by atoms with van der Waals surface area (Å²) in [6.07, 6.45) is 8.88. The Morgan fingerprint density at radius 1 is 1.24 bits per heavy atom. The molecular weight excluding hydrogens is 386 g/mol. The molecule has 1 aromatic rings. The van der Waals surface area contributed by atoms with Gasteiger partial charge < -0.3 is 5.32 Å². The smallest absolute Gasteiger partial charge is 0.270 e. The molecule has 2 saturated carbocycles. The van der Waals surface area contributed by atoms with Crippen molar-refractivity contribution in [3.63, 3.8) is 0 Å². The molecule has 0 radical (unpaired) electrons. The number of carbonyl (C=O) groups excluding carboxylic acids is 1. The van der Waals surface area contributed by atoms with Crippen LogP contribution in [-0.2, 0) is 4.79 Å². The normalized spacial score (nSPS) is 18.3. The van der Waals surface area contributed by atoms with E-state index in [0.29, 0.717) is 28.7 Å². The largest absolute Gasteiger partial charge is 0.324 e. The molecule has 0 spiro atoms. The Hall–Kier alpha value is -1.47. The highest BCUT2D eigenvalue weighted by molar-refractivity contribution is 9.10. The van der Waals surface area contributed by atoms with Gasteiger partial charge in [0.05, 0.1) is 17.2 Å². The van der Waals surface area contributed by atoms with Crippen LogP contribution < -0.4 is 5.32 Å². The van der Waals surface area contributed by atoms with Crippen molar-refractivity contribution in [2.75, 3.05) is 18.4 Å². The molecule has 0 saturated heterocycles. The number of hydrogen-bond donors (Lipinski definition) is 1. The zero-order valence-electron chi connectivity index (χ0n) is 14.2. The van der Waals surface area contributed by atoms with Gasteiger partial charge in [0, 0.05) is 29.2 Å². The SMILES string of the molecule is O=C(CN(CC1CCCCC1)C1CC1)Nc1ccc([N+](=O)[O-])cc1Br. The lowest BCUT2D eigenvalue weighted by molar-refractivity contribution is -0.384. The summed E-state index contributed by atoms with van der Waals surface area (Å²) in [6.45, 7) is 1.41. The lowest BCUT2D eigenvalue weighted by Gasteiger charge is -2.29. The van der Waals surface area contributed by atoms with Crippen LogP contribution in [-0.4, -0.2) is 34.9 Å². The lowest BCUT2D eigenvalue weighted by Crippen LogP contribution is -2.38. The van der Waals surface area contributed by atoms with Crippen LogP contribution in [0.1, 0.15) is 44.9 Å². The van der Waals surface area contributed by atoms with Gasteiger partial charge in [-0.2, -0.15) is 0 Å². The maximum absolute atomic E-state index is 12.5. The van der Waals surface area contributed by atoms with E-state index < -0.39 is 4.92 Å². The molecule has 2 fully saturated rings. The Morgan fingerprint density at radius 3 is 2.56 bits per heavy atom. The van der Waals surface area contributed by atoms with Crippen molar-refractivity contribution in [3.8, 4) is 0 Å². The number of anilines is 1. The van der Waals surface area contributed by atoms with Crippen LogP contribution in [0.3, 0.4) is 0 Å². The third-order valence-electron chi connectivity index (χ3n) is 5.06. The third kappa shape index (κ3) is 5.25. The van der Waals surface area contributed by atoms with E-state index in [9.17, 15) is 14.9 Å². The predicted molar refractivity (Wildman–Crippen MR) is 101 cm³/mol. The molecule has 25 heavy (non-hydrogen) atoms. The van der Waals surface area contributed by atoms with Crippen molar-refractivity contribution >= 4 is 33.2 Å². The summed E-state index contributed by atoms with van der Waals surface area (Å²) in [5.74, 6) is 0.658. The van der Waals surface area contributed by atoms with E-state index in [-0.39, 0.29) is 11.6 Å². The molecule has 0 unspecified atom stereocenters. The van der Waals surface area contributed by atoms with Crippen LogP contribution in [0.2, 0.25) is 0 Å². The second-order valence-corrected chi connectivity index (χ2v) is 7.99. The minimum absolute atomic E-state index is 0.00165. The molecule has 1 N–H and O–H groups in total. The standard InChI is InChI=1S/C18H24BrN3O3/c19-16-10-15(22(24)25)8-9-17(16)20-18(23)12-21(14-6-7-14)11-13-4-2-1-3-5-13/h8-10,13-14H,1-7,11-12H2,(H,20,23). The van der Waals surface area contributed by atoms with Crippen LogP contribution in [0.25, 0.3) is 0 Å². The second-order valence-electron chi connectivity index (χ2n) is 7.13. The van der Waals surface area contributed by atoms with Crippen molar-refractivity contribution < 1.29 is 9.72 Å². The summed E-state index contributed by atoms with van der Waals surface area (Å²) in [5.41, 5.74) is 0.575. The minimum atomic E-state index is -0.449. The topological polar surface area (TPSA) is 75.5 Å². The number of amides is 1. The molecule has 1 aromatic carbocycles. The van der Waals surface area contributed by atoms with Crippen molar-refractivity contribution in [3.05, 3.63) is 32.8 Å². The molecular formula is C18H24BrN3O3. The van der Waals surface area contributed by atoms with Gasteiger partial charge in [0.1, 0.15) is 0 Å². The second kappa shape index (κ2) is 8.27. The van der Waals surface area contributed by atoms with Crippen LogP contribution in [0.4, 0.5) is 11.4 Å². The third-order valence-corrected chi connectivity index (χ3v) is 5.72. The fourth-order valence-corrected chi connectivity index (χ4v) is 4.04. The fraction of sp³-hybridized carbons (Fsp3) is 0.611. The zero-order valence-corrected chi connectivity index (χ0v) is 15.8. The molecule has 0 heterocycles. The predicted octanol–water partition coefficient (Wildman–Crippen LogP) is 4.34. The van der Waals surface area contributed by atoms with Crippen molar-refractivity contribution in [2.45, 2.75) is 51.0 Å². The lowest BCUT2D eigenvalue weighted by atomic mass is 9.89. The van der Waals surface area contributed by atoms with Crippen molar-refractivity contribution in [1.82, 2.24) is 4.90 Å². The van der Waals surface area contributed by atoms with E-state index in [0.717, 1.165) is 6.54 Å². The number of benzene rings is 1. The quantitative estimate of drug-likeness (QED) is 0.536. The van der Waals surface area contributed by atoms with E-state index in [4.69, 9.17) is 0 Å². The van der Waals surface area contributed by atoms with Crippen LogP contribution in [0.5, 0.6) is 0 Å². The Morgan fingerprint density at radius 2 is 1.96 bits per heavy atom. The number of nitro groups is 1. The Balaban J connectivity index is 1.57. The van der Waals surface area contributed by atoms with Gasteiger partial charge in [-0.3, -0.25) is 19.8 Å². The highest BCUT2D eigenvalue weighted by Crippen LogP contribution is 2.31. The number of nitrogens with one attached hydrogen (secondary N) is 1. The van der Waals surface area contributed by atoms with Crippen molar-refractivity contribution in [1.29, 1.82) is 0 Å². The van der Waals surface area contributed by atoms with Gasteiger partial charge in [-0.25, -0.2) is 0 Å².